The minimum Gasteiger partial charge on any atom is -0.462 e. The van der Waals surface area contributed by atoms with Crippen LogP contribution in [0.25, 0.3) is 0 Å². The van der Waals surface area contributed by atoms with E-state index < -0.39 is 0 Å². The second-order valence-electron chi connectivity index (χ2n) is 6.50. The highest BCUT2D eigenvalue weighted by Gasteiger charge is 2.32. The lowest BCUT2D eigenvalue weighted by Gasteiger charge is -2.29. The maximum atomic E-state index is 11.9. The molecule has 0 aromatic rings. The topological polar surface area (TPSA) is 64.6 Å². The first kappa shape index (κ1) is 22.6. The van der Waals surface area contributed by atoms with Crippen molar-refractivity contribution in [2.24, 2.45) is 5.92 Å². The van der Waals surface area contributed by atoms with E-state index in [2.05, 4.69) is 48.7 Å². The van der Waals surface area contributed by atoms with Gasteiger partial charge >= 0.3 is 11.9 Å². The highest BCUT2D eigenvalue weighted by atomic mass is 127. The van der Waals surface area contributed by atoms with Gasteiger partial charge in [-0.25, -0.2) is 0 Å². The van der Waals surface area contributed by atoms with Crippen molar-refractivity contribution in [1.29, 1.82) is 0 Å². The summed E-state index contributed by atoms with van der Waals surface area (Å²) in [6.07, 6.45) is 2.42. The first-order valence-electron chi connectivity index (χ1n) is 8.31. The lowest BCUT2D eigenvalue weighted by molar-refractivity contribution is -0.153. The number of esters is 2. The second-order valence-corrected chi connectivity index (χ2v) is 8.65. The molecule has 2 unspecified atom stereocenters. The minimum atomic E-state index is -0.279. The molecule has 0 aromatic carbocycles. The van der Waals surface area contributed by atoms with Crippen molar-refractivity contribution in [3.8, 4) is 0 Å². The van der Waals surface area contributed by atoms with Gasteiger partial charge in [0.2, 0.25) is 0 Å². The van der Waals surface area contributed by atoms with Gasteiger partial charge in [-0.2, -0.15) is 0 Å². The summed E-state index contributed by atoms with van der Waals surface area (Å²) in [5.41, 5.74) is -0.257. The van der Waals surface area contributed by atoms with Gasteiger partial charge in [-0.15, -0.1) is 0 Å². The smallest absolute Gasteiger partial charge is 0.307 e. The molecule has 23 heavy (non-hydrogen) atoms. The molecule has 0 rings (SSSR count). The molecule has 0 bridgehead atoms. The van der Waals surface area contributed by atoms with E-state index in [-0.39, 0.29) is 34.1 Å². The summed E-state index contributed by atoms with van der Waals surface area (Å²) in [5, 5.41) is 3.12. The number of alkyl halides is 1. The molecular weight excluding hydrogens is 409 g/mol. The van der Waals surface area contributed by atoms with Gasteiger partial charge in [-0.05, 0) is 32.7 Å². The summed E-state index contributed by atoms with van der Waals surface area (Å²) in [6, 6.07) is 0. The molecule has 0 amide bonds. The van der Waals surface area contributed by atoms with Crippen molar-refractivity contribution in [2.45, 2.75) is 69.3 Å². The van der Waals surface area contributed by atoms with Crippen molar-refractivity contribution in [3.63, 3.8) is 0 Å². The van der Waals surface area contributed by atoms with Crippen LogP contribution in [-0.2, 0) is 19.1 Å². The van der Waals surface area contributed by atoms with Crippen LogP contribution >= 0.6 is 22.6 Å². The SMILES string of the molecule is CCC(C)(CC(=O)OCCOC(=O)CC(I)(CC)C(C)C)NC. The van der Waals surface area contributed by atoms with Crippen LogP contribution in [0.1, 0.15) is 60.3 Å². The lowest BCUT2D eigenvalue weighted by atomic mass is 9.90. The van der Waals surface area contributed by atoms with E-state index in [9.17, 15) is 9.59 Å². The first-order valence-corrected chi connectivity index (χ1v) is 9.39. The minimum absolute atomic E-state index is 0.0821. The molecule has 0 heterocycles. The predicted molar refractivity (Wildman–Crippen MR) is 101 cm³/mol. The van der Waals surface area contributed by atoms with Crippen LogP contribution in [0.15, 0.2) is 0 Å². The summed E-state index contributed by atoms with van der Waals surface area (Å²) in [7, 11) is 1.83. The molecule has 0 aliphatic carbocycles. The number of ether oxygens (including phenoxy) is 2. The van der Waals surface area contributed by atoms with E-state index in [4.69, 9.17) is 9.47 Å². The molecule has 136 valence electrons. The second kappa shape index (κ2) is 10.5. The van der Waals surface area contributed by atoms with Gasteiger partial charge < -0.3 is 14.8 Å². The van der Waals surface area contributed by atoms with Crippen LogP contribution in [0.5, 0.6) is 0 Å². The zero-order valence-electron chi connectivity index (χ0n) is 15.3. The summed E-state index contributed by atoms with van der Waals surface area (Å²) in [4.78, 5) is 23.7. The van der Waals surface area contributed by atoms with Crippen LogP contribution in [0.4, 0.5) is 0 Å². The average molecular weight is 441 g/mol. The fourth-order valence-electron chi connectivity index (χ4n) is 2.10. The molecule has 1 N–H and O–H groups in total. The standard InChI is InChI=1S/C17H32INO4/c1-7-16(5,19-6)11-14(20)22-9-10-23-15(21)12-17(18,8-2)13(3)4/h13,19H,7-12H2,1-6H3. The van der Waals surface area contributed by atoms with Crippen LogP contribution in [0.2, 0.25) is 0 Å². The quantitative estimate of drug-likeness (QED) is 0.230. The van der Waals surface area contributed by atoms with Gasteiger partial charge in [0.25, 0.3) is 0 Å². The molecule has 0 radical (unpaired) electrons. The van der Waals surface area contributed by atoms with Crippen molar-refractivity contribution in [1.82, 2.24) is 5.32 Å². The molecule has 0 saturated heterocycles. The Morgan fingerprint density at radius 1 is 1.04 bits per heavy atom. The first-order chi connectivity index (χ1) is 10.6. The summed E-state index contributed by atoms with van der Waals surface area (Å²) in [5.74, 6) is -0.120. The normalized spacial score (nSPS) is 16.5. The molecule has 6 heteroatoms. The Hall–Kier alpha value is -0.370. The molecule has 0 aliphatic rings. The Bertz CT molecular complexity index is 383. The van der Waals surface area contributed by atoms with Crippen molar-refractivity contribution >= 4 is 34.5 Å². The van der Waals surface area contributed by atoms with Gasteiger partial charge in [0, 0.05) is 8.96 Å². The summed E-state index contributed by atoms with van der Waals surface area (Å²) in [6.45, 7) is 10.5. The highest BCUT2D eigenvalue weighted by molar-refractivity contribution is 14.1. The third kappa shape index (κ3) is 8.33. The number of hydrogen-bond donors (Lipinski definition) is 1. The van der Waals surface area contributed by atoms with Crippen LogP contribution in [-0.4, -0.2) is 41.2 Å². The molecule has 0 spiro atoms. The molecule has 0 aliphatic heterocycles. The maximum absolute atomic E-state index is 11.9. The van der Waals surface area contributed by atoms with E-state index in [1.165, 1.54) is 0 Å². The van der Waals surface area contributed by atoms with Gasteiger partial charge in [0.1, 0.15) is 13.2 Å². The number of rotatable bonds is 11. The number of hydrogen-bond acceptors (Lipinski definition) is 5. The van der Waals surface area contributed by atoms with E-state index in [1.54, 1.807) is 0 Å². The fraction of sp³-hybridized carbons (Fsp3) is 0.882. The van der Waals surface area contributed by atoms with Gasteiger partial charge in [-0.3, -0.25) is 9.59 Å². The van der Waals surface area contributed by atoms with E-state index in [0.29, 0.717) is 18.8 Å². The zero-order chi connectivity index (χ0) is 18.1. The van der Waals surface area contributed by atoms with Crippen LogP contribution < -0.4 is 5.32 Å². The Kier molecular flexibility index (Phi) is 10.3. The average Bonchev–Trinajstić information content (AvgIpc) is 2.51. The summed E-state index contributed by atoms with van der Waals surface area (Å²) >= 11 is 2.35. The van der Waals surface area contributed by atoms with Gasteiger partial charge in [0.15, 0.2) is 0 Å². The maximum Gasteiger partial charge on any atom is 0.307 e. The Labute approximate surface area is 154 Å². The van der Waals surface area contributed by atoms with Crippen molar-refractivity contribution in [3.05, 3.63) is 0 Å². The third-order valence-electron chi connectivity index (χ3n) is 4.59. The number of nitrogens with one attached hydrogen (secondary N) is 1. The Morgan fingerprint density at radius 3 is 1.87 bits per heavy atom. The third-order valence-corrected chi connectivity index (χ3v) is 6.98. The van der Waals surface area contributed by atoms with Crippen molar-refractivity contribution < 1.29 is 19.1 Å². The molecule has 5 nitrogen and oxygen atoms in total. The number of carbonyl (C=O) groups is 2. The van der Waals surface area contributed by atoms with Crippen molar-refractivity contribution in [2.75, 3.05) is 20.3 Å². The number of halogens is 1. The molecule has 0 fully saturated rings. The van der Waals surface area contributed by atoms with Gasteiger partial charge in [0.05, 0.1) is 12.8 Å². The lowest BCUT2D eigenvalue weighted by Crippen LogP contribution is -2.41. The zero-order valence-corrected chi connectivity index (χ0v) is 17.5. The predicted octanol–water partition coefficient (Wildman–Crippen LogP) is 3.48. The molecular formula is C17H32INO4. The van der Waals surface area contributed by atoms with Gasteiger partial charge in [-0.1, -0.05) is 50.3 Å². The van der Waals surface area contributed by atoms with E-state index >= 15 is 0 Å². The van der Waals surface area contributed by atoms with E-state index in [1.807, 2.05) is 20.9 Å². The molecule has 0 saturated carbocycles. The summed E-state index contributed by atoms with van der Waals surface area (Å²) < 4.78 is 10.2. The van der Waals surface area contributed by atoms with E-state index in [0.717, 1.165) is 12.8 Å². The molecule has 0 aromatic heterocycles. The van der Waals surface area contributed by atoms with Crippen LogP contribution in [0, 0.1) is 5.92 Å². The number of carbonyl (C=O) groups excluding carboxylic acids is 2. The Morgan fingerprint density at radius 2 is 1.52 bits per heavy atom. The largest absolute Gasteiger partial charge is 0.462 e. The Balaban J connectivity index is 4.08. The monoisotopic (exact) mass is 441 g/mol. The fourth-order valence-corrected chi connectivity index (χ4v) is 2.41. The van der Waals surface area contributed by atoms with Crippen LogP contribution in [0.3, 0.4) is 0 Å². The molecule has 2 atom stereocenters. The highest BCUT2D eigenvalue weighted by Crippen LogP contribution is 2.35.